The molecule has 9 nitrogen and oxygen atoms in total. The van der Waals surface area contributed by atoms with Gasteiger partial charge in [-0.15, -0.1) is 0 Å². The molecule has 2 aliphatic heterocycles. The van der Waals surface area contributed by atoms with Crippen molar-refractivity contribution in [2.24, 2.45) is 5.92 Å². The Morgan fingerprint density at radius 2 is 1.66 bits per heavy atom. The minimum atomic E-state index is -0.726. The third-order valence-corrected chi connectivity index (χ3v) is 7.95. The topological polar surface area (TPSA) is 91.4 Å². The number of nitrogens with zero attached hydrogens (tertiary/aromatic N) is 3. The molecule has 1 unspecified atom stereocenters. The van der Waals surface area contributed by atoms with Crippen molar-refractivity contribution >= 4 is 46.5 Å². The quantitative estimate of drug-likeness (QED) is 0.285. The molecule has 2 amide bonds. The summed E-state index contributed by atoms with van der Waals surface area (Å²) in [4.78, 5) is 44.8. The van der Waals surface area contributed by atoms with Crippen molar-refractivity contribution in [3.8, 4) is 5.75 Å². The highest BCUT2D eigenvalue weighted by Crippen LogP contribution is 2.28. The molecule has 2 aromatic rings. The zero-order chi connectivity index (χ0) is 29.4. The molecule has 2 saturated heterocycles. The van der Waals surface area contributed by atoms with Crippen LogP contribution in [0.5, 0.6) is 5.75 Å². The van der Waals surface area contributed by atoms with Gasteiger partial charge in [0.25, 0.3) is 5.91 Å². The number of likely N-dealkylation sites (tertiary alicyclic amines) is 1. The highest BCUT2D eigenvalue weighted by molar-refractivity contribution is 7.80. The maximum Gasteiger partial charge on any atom is 0.338 e. The fraction of sp³-hybridized carbons (Fsp3) is 0.484. The van der Waals surface area contributed by atoms with Crippen molar-refractivity contribution in [3.05, 3.63) is 54.1 Å². The number of hydrogen-bond acceptors (Lipinski definition) is 7. The van der Waals surface area contributed by atoms with Gasteiger partial charge in [-0.05, 0) is 119 Å². The Kier molecular flexibility index (Phi) is 10.7. The first-order valence-corrected chi connectivity index (χ1v) is 14.9. The number of thiocarbonyl (C=S) groups is 1. The first kappa shape index (κ1) is 30.5. The van der Waals surface area contributed by atoms with Crippen LogP contribution in [-0.4, -0.2) is 78.1 Å². The summed E-state index contributed by atoms with van der Waals surface area (Å²) >= 11 is 5.81. The Bertz CT molecular complexity index is 1210. The number of piperidine rings is 1. The third-order valence-electron chi connectivity index (χ3n) is 7.53. The molecule has 2 heterocycles. The Morgan fingerprint density at radius 1 is 0.976 bits per heavy atom. The molecule has 4 rings (SSSR count). The van der Waals surface area contributed by atoms with Gasteiger partial charge in [-0.25, -0.2) is 4.79 Å². The van der Waals surface area contributed by atoms with Crippen molar-refractivity contribution in [1.82, 2.24) is 9.80 Å². The lowest BCUT2D eigenvalue weighted by Crippen LogP contribution is -2.40. The molecule has 220 valence electrons. The molecule has 0 spiro atoms. The summed E-state index contributed by atoms with van der Waals surface area (Å²) in [6.07, 6.45) is 3.19. The van der Waals surface area contributed by atoms with Gasteiger partial charge in [-0.1, -0.05) is 6.92 Å². The fourth-order valence-electron chi connectivity index (χ4n) is 5.23. The molecule has 0 bridgehead atoms. The first-order valence-electron chi connectivity index (χ1n) is 14.5. The summed E-state index contributed by atoms with van der Waals surface area (Å²) in [6.45, 7) is 10.4. The number of esters is 1. The fourth-order valence-corrected chi connectivity index (χ4v) is 5.64. The summed E-state index contributed by atoms with van der Waals surface area (Å²) in [5, 5.41) is 3.26. The summed E-state index contributed by atoms with van der Waals surface area (Å²) < 4.78 is 10.5. The van der Waals surface area contributed by atoms with Crippen LogP contribution in [0.15, 0.2) is 48.5 Å². The maximum absolute atomic E-state index is 13.8. The number of benzene rings is 2. The summed E-state index contributed by atoms with van der Waals surface area (Å²) in [5.74, 6) is 0.530. The van der Waals surface area contributed by atoms with Gasteiger partial charge in [0.1, 0.15) is 11.8 Å². The normalized spacial score (nSPS) is 18.1. The number of rotatable bonds is 12. The number of anilines is 2. The first-order chi connectivity index (χ1) is 19.8. The molecule has 2 aromatic carbocycles. The molecule has 0 aliphatic carbocycles. The lowest BCUT2D eigenvalue weighted by atomic mass is 9.99. The molecule has 10 heteroatoms. The van der Waals surface area contributed by atoms with Crippen LogP contribution in [0.25, 0.3) is 0 Å². The van der Waals surface area contributed by atoms with E-state index in [1.165, 1.54) is 17.7 Å². The Labute approximate surface area is 247 Å². The summed E-state index contributed by atoms with van der Waals surface area (Å²) in [5.41, 5.74) is 1.58. The molecule has 1 atom stereocenters. The number of nitrogens with one attached hydrogen (secondary N) is 1. The highest BCUT2D eigenvalue weighted by Gasteiger charge is 2.44. The molecule has 2 fully saturated rings. The predicted molar refractivity (Wildman–Crippen MR) is 163 cm³/mol. The second-order valence-electron chi connectivity index (χ2n) is 10.5. The van der Waals surface area contributed by atoms with Crippen LogP contribution >= 0.6 is 12.2 Å². The van der Waals surface area contributed by atoms with Gasteiger partial charge in [0.05, 0.1) is 30.9 Å². The molecule has 0 radical (unpaired) electrons. The smallest absolute Gasteiger partial charge is 0.338 e. The Morgan fingerprint density at radius 3 is 2.29 bits per heavy atom. The zero-order valence-corrected chi connectivity index (χ0v) is 25.0. The monoisotopic (exact) mass is 580 g/mol. The van der Waals surface area contributed by atoms with Gasteiger partial charge in [0.2, 0.25) is 5.91 Å². The van der Waals surface area contributed by atoms with Gasteiger partial charge < -0.3 is 24.6 Å². The van der Waals surface area contributed by atoms with E-state index in [2.05, 4.69) is 17.1 Å². The molecule has 1 N–H and O–H groups in total. The average molecular weight is 581 g/mol. The minimum absolute atomic E-state index is 0.0369. The molecule has 0 aromatic heterocycles. The van der Waals surface area contributed by atoms with Gasteiger partial charge >= 0.3 is 5.97 Å². The van der Waals surface area contributed by atoms with E-state index in [1.54, 1.807) is 55.5 Å². The van der Waals surface area contributed by atoms with Crippen molar-refractivity contribution in [1.29, 1.82) is 0 Å². The maximum atomic E-state index is 13.8. The van der Waals surface area contributed by atoms with Gasteiger partial charge in [0.15, 0.2) is 5.11 Å². The van der Waals surface area contributed by atoms with E-state index in [-0.39, 0.29) is 24.8 Å². The van der Waals surface area contributed by atoms with Crippen molar-refractivity contribution in [2.45, 2.75) is 52.5 Å². The van der Waals surface area contributed by atoms with Crippen molar-refractivity contribution in [2.75, 3.05) is 49.6 Å². The lowest BCUT2D eigenvalue weighted by Gasteiger charge is -2.31. The average Bonchev–Trinajstić information content (AvgIpc) is 3.19. The second-order valence-corrected chi connectivity index (χ2v) is 10.9. The van der Waals surface area contributed by atoms with E-state index >= 15 is 0 Å². The van der Waals surface area contributed by atoms with E-state index < -0.39 is 12.0 Å². The van der Waals surface area contributed by atoms with Gasteiger partial charge in [-0.2, -0.15) is 0 Å². The molecule has 2 aliphatic rings. The molecule has 41 heavy (non-hydrogen) atoms. The van der Waals surface area contributed by atoms with Crippen molar-refractivity contribution in [3.63, 3.8) is 0 Å². The van der Waals surface area contributed by atoms with E-state index in [1.807, 2.05) is 11.8 Å². The van der Waals surface area contributed by atoms with Crippen LogP contribution in [0, 0.1) is 5.92 Å². The molecular formula is C31H40N4O5S. The standard InChI is InChI=1S/C31H40N4O5S/c1-4-39-26-13-9-24(10-14-26)32-28(36)21-27-29(37)35(25-11-7-23(8-12-25)30(38)40-5-2)31(41)34(27)18-6-17-33-19-15-22(3)16-20-33/h7-14,22,27H,4-6,15-21H2,1-3H3,(H,32,36). The largest absolute Gasteiger partial charge is 0.494 e. The summed E-state index contributed by atoms with van der Waals surface area (Å²) in [7, 11) is 0. The number of ether oxygens (including phenoxy) is 2. The van der Waals surface area contributed by atoms with E-state index in [0.717, 1.165) is 37.7 Å². The lowest BCUT2D eigenvalue weighted by molar-refractivity contribution is -0.124. The predicted octanol–water partition coefficient (Wildman–Crippen LogP) is 4.71. The summed E-state index contributed by atoms with van der Waals surface area (Å²) in [6, 6.07) is 13.0. The zero-order valence-electron chi connectivity index (χ0n) is 24.1. The molecular weight excluding hydrogens is 540 g/mol. The van der Waals surface area contributed by atoms with Crippen molar-refractivity contribution < 1.29 is 23.9 Å². The SMILES string of the molecule is CCOC(=O)c1ccc(N2C(=O)C(CC(=O)Nc3ccc(OCC)cc3)N(CCCN3CCC(C)CC3)C2=S)cc1. The van der Waals surface area contributed by atoms with Gasteiger partial charge in [-0.3, -0.25) is 14.5 Å². The second kappa shape index (κ2) is 14.4. The van der Waals surface area contributed by atoms with Crippen LogP contribution < -0.4 is 15.0 Å². The van der Waals surface area contributed by atoms with E-state index in [4.69, 9.17) is 21.7 Å². The third kappa shape index (κ3) is 7.83. The van der Waals surface area contributed by atoms with Crippen LogP contribution in [0.4, 0.5) is 11.4 Å². The Hall–Kier alpha value is -3.50. The highest BCUT2D eigenvalue weighted by atomic mass is 32.1. The van der Waals surface area contributed by atoms with Crippen LogP contribution in [0.2, 0.25) is 0 Å². The van der Waals surface area contributed by atoms with Crippen LogP contribution in [0.3, 0.4) is 0 Å². The number of amides is 2. The van der Waals surface area contributed by atoms with Crippen LogP contribution in [-0.2, 0) is 14.3 Å². The van der Waals surface area contributed by atoms with Gasteiger partial charge in [0, 0.05) is 12.2 Å². The number of hydrogen-bond donors (Lipinski definition) is 1. The van der Waals surface area contributed by atoms with E-state index in [0.29, 0.717) is 35.2 Å². The number of carbonyl (C=O) groups excluding carboxylic acids is 3. The Balaban J connectivity index is 1.47. The van der Waals surface area contributed by atoms with E-state index in [9.17, 15) is 14.4 Å². The number of carbonyl (C=O) groups is 3. The molecule has 0 saturated carbocycles. The minimum Gasteiger partial charge on any atom is -0.494 e. The van der Waals surface area contributed by atoms with Crippen LogP contribution in [0.1, 0.15) is 56.8 Å².